The molecule has 0 radical (unpaired) electrons. The third kappa shape index (κ3) is 1.90. The molecule has 0 spiro atoms. The van der Waals surface area contributed by atoms with Gasteiger partial charge in [-0.1, -0.05) is 26.8 Å². The predicted octanol–water partition coefficient (Wildman–Crippen LogP) is 2.84. The average molecular weight is 245 g/mol. The van der Waals surface area contributed by atoms with Crippen molar-refractivity contribution in [3.8, 4) is 5.75 Å². The van der Waals surface area contributed by atoms with Gasteiger partial charge >= 0.3 is 0 Å². The molecule has 0 bridgehead atoms. The first-order valence-corrected chi connectivity index (χ1v) is 6.03. The predicted molar refractivity (Wildman–Crippen MR) is 74.4 cm³/mol. The summed E-state index contributed by atoms with van der Waals surface area (Å²) in [4.78, 5) is 12.2. The lowest BCUT2D eigenvalue weighted by molar-refractivity contribution is 0.418. The SMILES string of the molecule is COc1cccc2c(=O)n(C)cc(C(C)(C)C)c12. The van der Waals surface area contributed by atoms with Crippen LogP contribution in [0.3, 0.4) is 0 Å². The first kappa shape index (κ1) is 12.7. The van der Waals surface area contributed by atoms with Crippen molar-refractivity contribution in [2.75, 3.05) is 7.11 Å². The average Bonchev–Trinajstić information content (AvgIpc) is 2.31. The van der Waals surface area contributed by atoms with Crippen LogP contribution in [-0.2, 0) is 12.5 Å². The standard InChI is InChI=1S/C15H19NO2/c1-15(2,3)11-9-16(4)14(17)10-7-6-8-12(18-5)13(10)11/h6-9H,1-5H3. The van der Waals surface area contributed by atoms with Crippen LogP contribution in [-0.4, -0.2) is 11.7 Å². The van der Waals surface area contributed by atoms with Gasteiger partial charge in [0.05, 0.1) is 12.5 Å². The number of hydrogen-bond acceptors (Lipinski definition) is 2. The zero-order chi connectivity index (χ0) is 13.5. The third-order valence-corrected chi connectivity index (χ3v) is 3.20. The Balaban J connectivity index is 3.03. The zero-order valence-electron chi connectivity index (χ0n) is 11.6. The molecule has 1 aromatic carbocycles. The Morgan fingerprint density at radius 1 is 1.22 bits per heavy atom. The summed E-state index contributed by atoms with van der Waals surface area (Å²) in [5, 5.41) is 1.64. The van der Waals surface area contributed by atoms with E-state index < -0.39 is 0 Å². The number of nitrogens with zero attached hydrogens (tertiary/aromatic N) is 1. The molecule has 0 aliphatic heterocycles. The Hall–Kier alpha value is -1.77. The lowest BCUT2D eigenvalue weighted by Crippen LogP contribution is -2.22. The fourth-order valence-electron chi connectivity index (χ4n) is 2.23. The van der Waals surface area contributed by atoms with Gasteiger partial charge in [-0.25, -0.2) is 0 Å². The van der Waals surface area contributed by atoms with E-state index in [2.05, 4.69) is 20.8 Å². The number of aryl methyl sites for hydroxylation is 1. The number of methoxy groups -OCH3 is 1. The minimum atomic E-state index is -0.0433. The number of fused-ring (bicyclic) bond motifs is 1. The molecule has 0 saturated heterocycles. The Kier molecular flexibility index (Phi) is 2.93. The zero-order valence-corrected chi connectivity index (χ0v) is 11.6. The van der Waals surface area contributed by atoms with E-state index in [1.165, 1.54) is 0 Å². The monoisotopic (exact) mass is 245 g/mol. The van der Waals surface area contributed by atoms with E-state index in [0.717, 1.165) is 16.7 Å². The first-order valence-electron chi connectivity index (χ1n) is 6.03. The molecular weight excluding hydrogens is 226 g/mol. The molecule has 0 aliphatic carbocycles. The van der Waals surface area contributed by atoms with Gasteiger partial charge in [0, 0.05) is 18.6 Å². The topological polar surface area (TPSA) is 31.2 Å². The smallest absolute Gasteiger partial charge is 0.258 e. The minimum absolute atomic E-state index is 0.0110. The van der Waals surface area contributed by atoms with Crippen molar-refractivity contribution < 1.29 is 4.74 Å². The molecular formula is C15H19NO2. The fourth-order valence-corrected chi connectivity index (χ4v) is 2.23. The van der Waals surface area contributed by atoms with Gasteiger partial charge in [0.1, 0.15) is 5.75 Å². The lowest BCUT2D eigenvalue weighted by Gasteiger charge is -2.23. The van der Waals surface area contributed by atoms with Crippen molar-refractivity contribution >= 4 is 10.8 Å². The van der Waals surface area contributed by atoms with E-state index in [-0.39, 0.29) is 11.0 Å². The van der Waals surface area contributed by atoms with Crippen LogP contribution in [0, 0.1) is 0 Å². The van der Waals surface area contributed by atoms with Crippen LogP contribution in [0.15, 0.2) is 29.2 Å². The highest BCUT2D eigenvalue weighted by Gasteiger charge is 2.21. The minimum Gasteiger partial charge on any atom is -0.496 e. The highest BCUT2D eigenvalue weighted by molar-refractivity contribution is 5.91. The van der Waals surface area contributed by atoms with Gasteiger partial charge in [0.25, 0.3) is 5.56 Å². The van der Waals surface area contributed by atoms with E-state index in [9.17, 15) is 4.79 Å². The molecule has 0 unspecified atom stereocenters. The van der Waals surface area contributed by atoms with Gasteiger partial charge in [-0.2, -0.15) is 0 Å². The molecule has 1 heterocycles. The number of rotatable bonds is 1. The molecule has 1 aromatic heterocycles. The third-order valence-electron chi connectivity index (χ3n) is 3.20. The number of pyridine rings is 1. The number of benzene rings is 1. The van der Waals surface area contributed by atoms with Crippen molar-refractivity contribution in [1.29, 1.82) is 0 Å². The summed E-state index contributed by atoms with van der Waals surface area (Å²) in [6, 6.07) is 5.61. The van der Waals surface area contributed by atoms with Crippen LogP contribution < -0.4 is 10.3 Å². The van der Waals surface area contributed by atoms with E-state index >= 15 is 0 Å². The molecule has 18 heavy (non-hydrogen) atoms. The van der Waals surface area contributed by atoms with Crippen molar-refractivity contribution in [1.82, 2.24) is 4.57 Å². The maximum Gasteiger partial charge on any atom is 0.258 e. The largest absolute Gasteiger partial charge is 0.496 e. The quantitative estimate of drug-likeness (QED) is 0.773. The van der Waals surface area contributed by atoms with Crippen LogP contribution in [0.5, 0.6) is 5.75 Å². The summed E-state index contributed by atoms with van der Waals surface area (Å²) in [6.07, 6.45) is 1.91. The van der Waals surface area contributed by atoms with Crippen molar-refractivity contribution in [3.63, 3.8) is 0 Å². The highest BCUT2D eigenvalue weighted by Crippen LogP contribution is 2.33. The molecule has 0 atom stereocenters. The van der Waals surface area contributed by atoms with E-state index in [1.807, 2.05) is 24.4 Å². The molecule has 2 aromatic rings. The number of hydrogen-bond donors (Lipinski definition) is 0. The van der Waals surface area contributed by atoms with Gasteiger partial charge < -0.3 is 9.30 Å². The Labute approximate surface area is 107 Å². The second-order valence-electron chi connectivity index (χ2n) is 5.59. The summed E-state index contributed by atoms with van der Waals surface area (Å²) in [6.45, 7) is 6.41. The first-order chi connectivity index (χ1) is 8.36. The van der Waals surface area contributed by atoms with Crippen molar-refractivity contribution in [2.45, 2.75) is 26.2 Å². The second kappa shape index (κ2) is 4.16. The highest BCUT2D eigenvalue weighted by atomic mass is 16.5. The molecule has 3 nitrogen and oxygen atoms in total. The van der Waals surface area contributed by atoms with Crippen LogP contribution in [0.4, 0.5) is 0 Å². The summed E-state index contributed by atoms with van der Waals surface area (Å²) in [7, 11) is 3.43. The van der Waals surface area contributed by atoms with Crippen LogP contribution >= 0.6 is 0 Å². The summed E-state index contributed by atoms with van der Waals surface area (Å²) in [5.41, 5.74) is 1.09. The van der Waals surface area contributed by atoms with Crippen LogP contribution in [0.2, 0.25) is 0 Å². The summed E-state index contributed by atoms with van der Waals surface area (Å²) in [5.74, 6) is 0.759. The Bertz CT molecular complexity index is 648. The molecule has 0 aliphatic rings. The molecule has 2 rings (SSSR count). The summed E-state index contributed by atoms with van der Waals surface area (Å²) < 4.78 is 7.05. The van der Waals surface area contributed by atoms with Crippen LogP contribution in [0.1, 0.15) is 26.3 Å². The number of ether oxygens (including phenoxy) is 1. The maximum atomic E-state index is 12.2. The van der Waals surface area contributed by atoms with E-state index in [0.29, 0.717) is 5.39 Å². The molecule has 0 N–H and O–H groups in total. The number of aromatic nitrogens is 1. The van der Waals surface area contributed by atoms with Gasteiger partial charge in [-0.3, -0.25) is 4.79 Å². The van der Waals surface area contributed by atoms with Crippen molar-refractivity contribution in [3.05, 3.63) is 40.3 Å². The molecule has 0 fully saturated rings. The van der Waals surface area contributed by atoms with Gasteiger partial charge in [-0.15, -0.1) is 0 Å². The fraction of sp³-hybridized carbons (Fsp3) is 0.400. The molecule has 3 heteroatoms. The molecule has 0 saturated carbocycles. The van der Waals surface area contributed by atoms with Gasteiger partial charge in [-0.05, 0) is 23.1 Å². The molecule has 0 amide bonds. The Morgan fingerprint density at radius 2 is 1.89 bits per heavy atom. The summed E-state index contributed by atoms with van der Waals surface area (Å²) >= 11 is 0. The van der Waals surface area contributed by atoms with Crippen LogP contribution in [0.25, 0.3) is 10.8 Å². The second-order valence-corrected chi connectivity index (χ2v) is 5.59. The normalized spacial score (nSPS) is 11.8. The maximum absolute atomic E-state index is 12.2. The lowest BCUT2D eigenvalue weighted by atomic mass is 9.84. The van der Waals surface area contributed by atoms with E-state index in [4.69, 9.17) is 4.74 Å². The van der Waals surface area contributed by atoms with E-state index in [1.54, 1.807) is 18.7 Å². The van der Waals surface area contributed by atoms with Gasteiger partial charge in [0.2, 0.25) is 0 Å². The molecule has 96 valence electrons. The Morgan fingerprint density at radius 3 is 2.44 bits per heavy atom. The van der Waals surface area contributed by atoms with Crippen molar-refractivity contribution in [2.24, 2.45) is 7.05 Å². The van der Waals surface area contributed by atoms with Gasteiger partial charge in [0.15, 0.2) is 0 Å².